The maximum absolute atomic E-state index is 14.3. The lowest BCUT2D eigenvalue weighted by molar-refractivity contribution is -0.497. The van der Waals surface area contributed by atoms with Crippen molar-refractivity contribution in [1.82, 2.24) is 0 Å². The summed E-state index contributed by atoms with van der Waals surface area (Å²) in [5, 5.41) is 1.96. The van der Waals surface area contributed by atoms with Crippen LogP contribution in [0, 0.1) is 5.82 Å². The topological polar surface area (TPSA) is 4.10 Å². The van der Waals surface area contributed by atoms with Crippen molar-refractivity contribution in [3.05, 3.63) is 109 Å². The van der Waals surface area contributed by atoms with Crippen molar-refractivity contribution in [3.63, 3.8) is 0 Å². The van der Waals surface area contributed by atoms with E-state index >= 15 is 0 Å². The van der Waals surface area contributed by atoms with E-state index < -0.39 is 0 Å². The predicted octanol–water partition coefficient (Wildman–Crippen LogP) is 6.05. The van der Waals surface area contributed by atoms with E-state index in [-0.39, 0.29) is 5.82 Å². The van der Waals surface area contributed by atoms with Gasteiger partial charge in [-0.2, -0.15) is 4.40 Å². The van der Waals surface area contributed by atoms with Crippen molar-refractivity contribution in [1.29, 1.82) is 0 Å². The summed E-state index contributed by atoms with van der Waals surface area (Å²) in [6.07, 6.45) is 2.08. The van der Waals surface area contributed by atoms with Crippen LogP contribution in [0.2, 0.25) is 0 Å². The Balaban J connectivity index is 2.07. The number of aromatic nitrogens is 1. The minimum Gasteiger partial charge on any atom is -0.207 e. The Hall–Kier alpha value is -3.52. The lowest BCUT2D eigenvalue weighted by Crippen LogP contribution is -2.26. The molecule has 0 spiro atoms. The molecule has 2 aromatic heterocycles. The molecular weight excluding hydrogens is 333 g/mol. The quantitative estimate of drug-likeness (QED) is 0.269. The van der Waals surface area contributed by atoms with Crippen LogP contribution in [0.1, 0.15) is 0 Å². The molecule has 0 atom stereocenters. The number of hydrogen-bond donors (Lipinski definition) is 0. The summed E-state index contributed by atoms with van der Waals surface area (Å²) in [6, 6.07) is 31.7. The zero-order valence-corrected chi connectivity index (χ0v) is 14.6. The fourth-order valence-electron chi connectivity index (χ4n) is 3.83. The van der Waals surface area contributed by atoms with Crippen molar-refractivity contribution in [2.24, 2.45) is 0 Å². The first-order valence-electron chi connectivity index (χ1n) is 8.99. The number of halogens is 1. The van der Waals surface area contributed by atoms with Crippen LogP contribution < -0.4 is 4.40 Å². The molecule has 5 rings (SSSR count). The fourth-order valence-corrected chi connectivity index (χ4v) is 3.83. The molecule has 0 aliphatic rings. The summed E-state index contributed by atoms with van der Waals surface area (Å²) in [4.78, 5) is 0. The molecule has 128 valence electrons. The Kier molecular flexibility index (Phi) is 3.68. The van der Waals surface area contributed by atoms with Crippen LogP contribution >= 0.6 is 0 Å². The smallest absolute Gasteiger partial charge is 0.207 e. The highest BCUT2D eigenvalue weighted by molar-refractivity contribution is 6.07. The normalized spacial score (nSPS) is 11.1. The van der Waals surface area contributed by atoms with Gasteiger partial charge in [-0.05, 0) is 42.0 Å². The van der Waals surface area contributed by atoms with Gasteiger partial charge in [-0.3, -0.25) is 0 Å². The second-order valence-electron chi connectivity index (χ2n) is 6.60. The van der Waals surface area contributed by atoms with E-state index in [1.165, 1.54) is 6.07 Å². The van der Waals surface area contributed by atoms with Crippen molar-refractivity contribution in [3.8, 4) is 22.4 Å². The van der Waals surface area contributed by atoms with Gasteiger partial charge < -0.3 is 0 Å². The highest BCUT2D eigenvalue weighted by Gasteiger charge is 2.24. The SMILES string of the molecule is Fc1ccc2c(c1)c(-c1ccccc1)c(-c1ccccc1)[n+]1ccccc21. The molecule has 0 radical (unpaired) electrons. The number of rotatable bonds is 2. The molecule has 0 aliphatic carbocycles. The molecule has 0 saturated carbocycles. The van der Waals surface area contributed by atoms with Gasteiger partial charge in [0.15, 0.2) is 6.20 Å². The molecule has 0 bridgehead atoms. The van der Waals surface area contributed by atoms with Crippen LogP contribution in [0.5, 0.6) is 0 Å². The summed E-state index contributed by atoms with van der Waals surface area (Å²) in [6.45, 7) is 0. The molecule has 0 aliphatic heterocycles. The van der Waals surface area contributed by atoms with E-state index in [1.54, 1.807) is 6.07 Å². The van der Waals surface area contributed by atoms with Crippen LogP contribution in [0.4, 0.5) is 4.39 Å². The zero-order valence-electron chi connectivity index (χ0n) is 14.6. The maximum Gasteiger partial charge on any atom is 0.226 e. The van der Waals surface area contributed by atoms with E-state index in [0.717, 1.165) is 38.7 Å². The van der Waals surface area contributed by atoms with E-state index in [9.17, 15) is 4.39 Å². The minimum atomic E-state index is -0.223. The molecular formula is C25H17FN+. The Morgan fingerprint density at radius 1 is 0.593 bits per heavy atom. The zero-order chi connectivity index (χ0) is 18.2. The second-order valence-corrected chi connectivity index (χ2v) is 6.60. The first-order chi connectivity index (χ1) is 13.3. The van der Waals surface area contributed by atoms with Crippen LogP contribution in [0.3, 0.4) is 0 Å². The molecule has 0 amide bonds. The molecule has 5 aromatic rings. The average Bonchev–Trinajstić information content (AvgIpc) is 2.74. The summed E-state index contributed by atoms with van der Waals surface area (Å²) < 4.78 is 16.5. The first kappa shape index (κ1) is 15.7. The molecule has 0 saturated heterocycles. The third-order valence-corrected chi connectivity index (χ3v) is 4.97. The monoisotopic (exact) mass is 350 g/mol. The molecule has 2 heterocycles. The third kappa shape index (κ3) is 2.58. The van der Waals surface area contributed by atoms with Gasteiger partial charge >= 0.3 is 0 Å². The Bertz CT molecular complexity index is 1260. The molecule has 1 nitrogen and oxygen atoms in total. The van der Waals surface area contributed by atoms with Crippen molar-refractivity contribution >= 4 is 16.3 Å². The fraction of sp³-hybridized carbons (Fsp3) is 0. The van der Waals surface area contributed by atoms with Crippen molar-refractivity contribution < 1.29 is 8.79 Å². The minimum absolute atomic E-state index is 0.223. The Morgan fingerprint density at radius 3 is 2.00 bits per heavy atom. The van der Waals surface area contributed by atoms with Gasteiger partial charge in [0, 0.05) is 23.1 Å². The highest BCUT2D eigenvalue weighted by atomic mass is 19.1. The average molecular weight is 350 g/mol. The van der Waals surface area contributed by atoms with Gasteiger partial charge in [0.2, 0.25) is 11.2 Å². The van der Waals surface area contributed by atoms with Gasteiger partial charge in [0.05, 0.1) is 10.9 Å². The maximum atomic E-state index is 14.3. The highest BCUT2D eigenvalue weighted by Crippen LogP contribution is 2.37. The first-order valence-corrected chi connectivity index (χ1v) is 8.99. The lowest BCUT2D eigenvalue weighted by atomic mass is 9.92. The molecule has 0 N–H and O–H groups in total. The van der Waals surface area contributed by atoms with E-state index in [1.807, 2.05) is 54.6 Å². The van der Waals surface area contributed by atoms with Gasteiger partial charge in [-0.25, -0.2) is 4.39 Å². The summed E-state index contributed by atoms with van der Waals surface area (Å²) >= 11 is 0. The lowest BCUT2D eigenvalue weighted by Gasteiger charge is -2.12. The Morgan fingerprint density at radius 2 is 1.26 bits per heavy atom. The van der Waals surface area contributed by atoms with E-state index in [4.69, 9.17) is 0 Å². The number of nitrogens with zero attached hydrogens (tertiary/aromatic N) is 1. The van der Waals surface area contributed by atoms with Gasteiger partial charge in [-0.15, -0.1) is 0 Å². The molecule has 0 unspecified atom stereocenters. The number of pyridine rings is 2. The summed E-state index contributed by atoms with van der Waals surface area (Å²) in [7, 11) is 0. The van der Waals surface area contributed by atoms with Crippen LogP contribution in [0.15, 0.2) is 103 Å². The van der Waals surface area contributed by atoms with Gasteiger partial charge in [0.1, 0.15) is 5.82 Å². The largest absolute Gasteiger partial charge is 0.226 e. The van der Waals surface area contributed by atoms with Gasteiger partial charge in [-0.1, -0.05) is 48.5 Å². The molecule has 2 heteroatoms. The standard InChI is InChI=1S/C25H17FN/c26-20-14-15-21-22(17-20)24(18-9-3-1-4-10-18)25(19-11-5-2-6-12-19)27-16-8-7-13-23(21)27/h1-17H/q+1. The van der Waals surface area contributed by atoms with Crippen LogP contribution in [-0.4, -0.2) is 0 Å². The van der Waals surface area contributed by atoms with Crippen LogP contribution in [-0.2, 0) is 0 Å². The van der Waals surface area contributed by atoms with Crippen molar-refractivity contribution in [2.45, 2.75) is 0 Å². The second kappa shape index (κ2) is 6.33. The summed E-state index contributed by atoms with van der Waals surface area (Å²) in [5.41, 5.74) is 5.34. The van der Waals surface area contributed by atoms with E-state index in [0.29, 0.717) is 0 Å². The van der Waals surface area contributed by atoms with Crippen LogP contribution in [0.25, 0.3) is 38.7 Å². The summed E-state index contributed by atoms with van der Waals surface area (Å²) in [5.74, 6) is -0.223. The number of benzene rings is 3. The molecule has 3 aromatic carbocycles. The van der Waals surface area contributed by atoms with Crippen molar-refractivity contribution in [2.75, 3.05) is 0 Å². The number of fused-ring (bicyclic) bond motifs is 3. The third-order valence-electron chi connectivity index (χ3n) is 4.97. The Labute approximate surface area is 157 Å². The van der Waals surface area contributed by atoms with E-state index in [2.05, 4.69) is 40.9 Å². The number of hydrogen-bond acceptors (Lipinski definition) is 0. The predicted molar refractivity (Wildman–Crippen MR) is 108 cm³/mol. The molecule has 0 fully saturated rings. The van der Waals surface area contributed by atoms with Gasteiger partial charge in [0.25, 0.3) is 0 Å². The molecule has 27 heavy (non-hydrogen) atoms.